The van der Waals surface area contributed by atoms with Crippen LogP contribution in [0.2, 0.25) is 0 Å². The van der Waals surface area contributed by atoms with E-state index in [1.54, 1.807) is 0 Å². The number of nitrogens with one attached hydrogen (secondary N) is 1. The minimum absolute atomic E-state index is 0.263. The zero-order chi connectivity index (χ0) is 10.2. The molecule has 0 saturated carbocycles. The molecule has 76 valence electrons. The smallest absolute Gasteiger partial charge is 0.00965 e. The Bertz CT molecular complexity index is 147. The quantitative estimate of drug-likeness (QED) is 0.491. The Morgan fingerprint density at radius 2 is 1.69 bits per heavy atom. The van der Waals surface area contributed by atoms with E-state index in [-0.39, 0.29) is 5.54 Å². The number of unbranched alkanes of at least 4 members (excludes halogenated alkanes) is 4. The third-order valence-electron chi connectivity index (χ3n) is 1.90. The molecular formula is C12H23N. The van der Waals surface area contributed by atoms with Crippen molar-refractivity contribution in [3.63, 3.8) is 0 Å². The summed E-state index contributed by atoms with van der Waals surface area (Å²) in [6.07, 6.45) is 11.1. The standard InChI is InChI=1S/C12H23N/c1-5-6-7-8-9-10-11-13-12(2,3)4/h1,13H,6-11H2,2-4H3. The molecule has 1 N–H and O–H groups in total. The number of terminal acetylenes is 1. The molecule has 0 amide bonds. The maximum atomic E-state index is 5.16. The van der Waals surface area contributed by atoms with Gasteiger partial charge in [0.1, 0.15) is 0 Å². The zero-order valence-electron chi connectivity index (χ0n) is 9.32. The van der Waals surface area contributed by atoms with Gasteiger partial charge in [-0.05, 0) is 40.2 Å². The first-order valence-corrected chi connectivity index (χ1v) is 5.25. The second-order valence-corrected chi connectivity index (χ2v) is 4.55. The maximum absolute atomic E-state index is 5.16. The predicted molar refractivity (Wildman–Crippen MR) is 59.7 cm³/mol. The van der Waals surface area contributed by atoms with Crippen molar-refractivity contribution in [2.45, 2.75) is 58.4 Å². The average molecular weight is 181 g/mol. The van der Waals surface area contributed by atoms with E-state index in [1.165, 1.54) is 25.7 Å². The summed E-state index contributed by atoms with van der Waals surface area (Å²) >= 11 is 0. The van der Waals surface area contributed by atoms with Gasteiger partial charge in [-0.25, -0.2) is 0 Å². The molecule has 0 aliphatic heterocycles. The van der Waals surface area contributed by atoms with E-state index in [4.69, 9.17) is 6.42 Å². The van der Waals surface area contributed by atoms with Crippen LogP contribution in [0.1, 0.15) is 52.9 Å². The topological polar surface area (TPSA) is 12.0 Å². The third-order valence-corrected chi connectivity index (χ3v) is 1.90. The molecule has 0 aliphatic carbocycles. The fraction of sp³-hybridized carbons (Fsp3) is 0.833. The van der Waals surface area contributed by atoms with Crippen molar-refractivity contribution < 1.29 is 0 Å². The summed E-state index contributed by atoms with van der Waals surface area (Å²) in [6.45, 7) is 7.72. The van der Waals surface area contributed by atoms with Crippen LogP contribution in [0.4, 0.5) is 0 Å². The molecule has 0 rings (SSSR count). The second-order valence-electron chi connectivity index (χ2n) is 4.55. The molecule has 13 heavy (non-hydrogen) atoms. The maximum Gasteiger partial charge on any atom is 0.00965 e. The van der Waals surface area contributed by atoms with E-state index < -0.39 is 0 Å². The van der Waals surface area contributed by atoms with Crippen molar-refractivity contribution in [2.24, 2.45) is 0 Å². The number of rotatable bonds is 6. The van der Waals surface area contributed by atoms with Gasteiger partial charge in [-0.15, -0.1) is 12.3 Å². The van der Waals surface area contributed by atoms with Crippen LogP contribution in [-0.4, -0.2) is 12.1 Å². The van der Waals surface area contributed by atoms with Gasteiger partial charge in [0.2, 0.25) is 0 Å². The molecule has 0 saturated heterocycles. The number of hydrogen-bond acceptors (Lipinski definition) is 1. The van der Waals surface area contributed by atoms with Crippen LogP contribution in [0.5, 0.6) is 0 Å². The molecular weight excluding hydrogens is 158 g/mol. The lowest BCUT2D eigenvalue weighted by atomic mass is 10.1. The van der Waals surface area contributed by atoms with Crippen LogP contribution >= 0.6 is 0 Å². The van der Waals surface area contributed by atoms with Gasteiger partial charge in [0.05, 0.1) is 0 Å². The molecule has 1 nitrogen and oxygen atoms in total. The average Bonchev–Trinajstić information content (AvgIpc) is 2.01. The fourth-order valence-corrected chi connectivity index (χ4v) is 1.17. The first kappa shape index (κ1) is 12.5. The summed E-state index contributed by atoms with van der Waals surface area (Å²) in [4.78, 5) is 0. The Kier molecular flexibility index (Phi) is 6.72. The highest BCUT2D eigenvalue weighted by Gasteiger charge is 2.06. The number of hydrogen-bond donors (Lipinski definition) is 1. The van der Waals surface area contributed by atoms with Crippen LogP contribution in [0.3, 0.4) is 0 Å². The Hall–Kier alpha value is -0.480. The molecule has 0 fully saturated rings. The van der Waals surface area contributed by atoms with Gasteiger partial charge in [0, 0.05) is 12.0 Å². The fourth-order valence-electron chi connectivity index (χ4n) is 1.17. The van der Waals surface area contributed by atoms with Crippen LogP contribution in [0.15, 0.2) is 0 Å². The van der Waals surface area contributed by atoms with Crippen molar-refractivity contribution in [1.82, 2.24) is 5.32 Å². The molecule has 0 unspecified atom stereocenters. The summed E-state index contributed by atoms with van der Waals surface area (Å²) in [5.41, 5.74) is 0.263. The van der Waals surface area contributed by atoms with Crippen molar-refractivity contribution in [1.29, 1.82) is 0 Å². The van der Waals surface area contributed by atoms with Crippen LogP contribution in [-0.2, 0) is 0 Å². The van der Waals surface area contributed by atoms with Gasteiger partial charge in [-0.3, -0.25) is 0 Å². The Labute approximate surface area is 83.3 Å². The normalized spacial score (nSPS) is 11.2. The van der Waals surface area contributed by atoms with Crippen molar-refractivity contribution in [3.05, 3.63) is 0 Å². The van der Waals surface area contributed by atoms with Gasteiger partial charge < -0.3 is 5.32 Å². The van der Waals surface area contributed by atoms with E-state index in [0.717, 1.165) is 13.0 Å². The highest BCUT2D eigenvalue weighted by atomic mass is 14.9. The van der Waals surface area contributed by atoms with Gasteiger partial charge in [0.25, 0.3) is 0 Å². The summed E-state index contributed by atoms with van der Waals surface area (Å²) in [6, 6.07) is 0. The SMILES string of the molecule is C#CCCCCCCNC(C)(C)C. The van der Waals surface area contributed by atoms with Crippen LogP contribution in [0.25, 0.3) is 0 Å². The van der Waals surface area contributed by atoms with Crippen molar-refractivity contribution in [3.8, 4) is 12.3 Å². The van der Waals surface area contributed by atoms with Gasteiger partial charge in [-0.1, -0.05) is 12.8 Å². The minimum atomic E-state index is 0.263. The molecule has 1 heteroatoms. The second kappa shape index (κ2) is 6.97. The highest BCUT2D eigenvalue weighted by molar-refractivity contribution is 4.82. The lowest BCUT2D eigenvalue weighted by molar-refractivity contribution is 0.416. The molecule has 0 atom stereocenters. The molecule has 0 aromatic heterocycles. The van der Waals surface area contributed by atoms with Crippen LogP contribution < -0.4 is 5.32 Å². The lowest BCUT2D eigenvalue weighted by Crippen LogP contribution is -2.36. The van der Waals surface area contributed by atoms with E-state index in [2.05, 4.69) is 32.0 Å². The highest BCUT2D eigenvalue weighted by Crippen LogP contribution is 2.03. The van der Waals surface area contributed by atoms with E-state index in [0.29, 0.717) is 0 Å². The summed E-state index contributed by atoms with van der Waals surface area (Å²) in [5, 5.41) is 3.47. The van der Waals surface area contributed by atoms with Gasteiger partial charge >= 0.3 is 0 Å². The molecule has 0 spiro atoms. The first-order valence-electron chi connectivity index (χ1n) is 5.25. The Balaban J connectivity index is 3.05. The monoisotopic (exact) mass is 181 g/mol. The molecule has 0 radical (unpaired) electrons. The molecule has 0 bridgehead atoms. The lowest BCUT2D eigenvalue weighted by Gasteiger charge is -2.20. The molecule has 0 aliphatic rings. The minimum Gasteiger partial charge on any atom is -0.312 e. The van der Waals surface area contributed by atoms with E-state index in [1.807, 2.05) is 0 Å². The van der Waals surface area contributed by atoms with Gasteiger partial charge in [-0.2, -0.15) is 0 Å². The van der Waals surface area contributed by atoms with E-state index in [9.17, 15) is 0 Å². The predicted octanol–water partition coefficient (Wildman–Crippen LogP) is 2.96. The molecule has 0 aromatic carbocycles. The Morgan fingerprint density at radius 1 is 1.08 bits per heavy atom. The summed E-state index contributed by atoms with van der Waals surface area (Å²) < 4.78 is 0. The summed E-state index contributed by atoms with van der Waals surface area (Å²) in [5.74, 6) is 2.67. The van der Waals surface area contributed by atoms with Crippen LogP contribution in [0, 0.1) is 12.3 Å². The largest absolute Gasteiger partial charge is 0.312 e. The van der Waals surface area contributed by atoms with Crippen molar-refractivity contribution in [2.75, 3.05) is 6.54 Å². The van der Waals surface area contributed by atoms with Crippen molar-refractivity contribution >= 4 is 0 Å². The molecule has 0 aromatic rings. The third kappa shape index (κ3) is 11.5. The first-order chi connectivity index (χ1) is 6.06. The van der Waals surface area contributed by atoms with E-state index >= 15 is 0 Å². The zero-order valence-corrected chi connectivity index (χ0v) is 9.32. The van der Waals surface area contributed by atoms with Gasteiger partial charge in [0.15, 0.2) is 0 Å². The Morgan fingerprint density at radius 3 is 2.23 bits per heavy atom. The molecule has 0 heterocycles. The summed E-state index contributed by atoms with van der Waals surface area (Å²) in [7, 11) is 0.